The number of nitrogens with one attached hydrogen (secondary N) is 1. The zero-order valence-corrected chi connectivity index (χ0v) is 14.9. The van der Waals surface area contributed by atoms with E-state index in [1.54, 1.807) is 24.0 Å². The second-order valence-electron chi connectivity index (χ2n) is 7.46. The van der Waals surface area contributed by atoms with Crippen LogP contribution in [0.25, 0.3) is 0 Å². The second-order valence-corrected chi connectivity index (χ2v) is 7.46. The van der Waals surface area contributed by atoms with E-state index >= 15 is 0 Å². The van der Waals surface area contributed by atoms with Crippen LogP contribution < -0.4 is 10.9 Å². The van der Waals surface area contributed by atoms with Crippen molar-refractivity contribution in [2.45, 2.75) is 63.8 Å². The van der Waals surface area contributed by atoms with Gasteiger partial charge >= 0.3 is 0 Å². The maximum atomic E-state index is 13.0. The third-order valence-corrected chi connectivity index (χ3v) is 5.62. The molecule has 0 spiro atoms. The summed E-state index contributed by atoms with van der Waals surface area (Å²) in [6.45, 7) is 2.48. The fourth-order valence-electron chi connectivity index (χ4n) is 4.13. The summed E-state index contributed by atoms with van der Waals surface area (Å²) in [5.41, 5.74) is 1.79. The molecule has 2 aromatic rings. The van der Waals surface area contributed by atoms with Gasteiger partial charge in [0.1, 0.15) is 5.56 Å². The van der Waals surface area contributed by atoms with E-state index in [0.29, 0.717) is 24.9 Å². The molecule has 7 heteroatoms. The fourth-order valence-corrected chi connectivity index (χ4v) is 4.13. The molecule has 1 aliphatic heterocycles. The Bertz CT molecular complexity index is 857. The van der Waals surface area contributed by atoms with Crippen molar-refractivity contribution in [3.05, 3.63) is 52.0 Å². The lowest BCUT2D eigenvalue weighted by Crippen LogP contribution is -2.41. The van der Waals surface area contributed by atoms with Gasteiger partial charge in [-0.3, -0.25) is 9.59 Å². The molecule has 4 rings (SSSR count). The summed E-state index contributed by atoms with van der Waals surface area (Å²) in [4.78, 5) is 29.9. The summed E-state index contributed by atoms with van der Waals surface area (Å²) in [6.07, 6.45) is 8.72. The normalized spacial score (nSPS) is 25.1. The highest BCUT2D eigenvalue weighted by Crippen LogP contribution is 2.27. The van der Waals surface area contributed by atoms with Crippen LogP contribution in [-0.4, -0.2) is 37.3 Å². The standard InChI is InChI=1S/C19H24N4O3/c1-12-6-7-23(14-2-4-16(24)5-3-14)19(26)17(12)18(25)21-13-8-15-9-20-11-22(15)10-13/h6-7,9,11,13-14,16,24H,2-5,8,10H2,1H3,(H,21,25). The van der Waals surface area contributed by atoms with Gasteiger partial charge in [-0.15, -0.1) is 0 Å². The molecule has 0 radical (unpaired) electrons. The van der Waals surface area contributed by atoms with Crippen LogP contribution in [-0.2, 0) is 13.0 Å². The number of rotatable bonds is 3. The molecule has 1 saturated carbocycles. The highest BCUT2D eigenvalue weighted by atomic mass is 16.3. The van der Waals surface area contributed by atoms with Crippen molar-refractivity contribution in [1.82, 2.24) is 19.4 Å². The molecule has 7 nitrogen and oxygen atoms in total. The Kier molecular flexibility index (Phi) is 4.40. The highest BCUT2D eigenvalue weighted by Gasteiger charge is 2.27. The minimum atomic E-state index is -0.304. The number of imidazole rings is 1. The topological polar surface area (TPSA) is 89.2 Å². The number of pyridine rings is 1. The van der Waals surface area contributed by atoms with Crippen molar-refractivity contribution in [3.8, 4) is 0 Å². The Morgan fingerprint density at radius 2 is 2.08 bits per heavy atom. The van der Waals surface area contributed by atoms with Gasteiger partial charge in [-0.1, -0.05) is 0 Å². The quantitative estimate of drug-likeness (QED) is 0.864. The Hall–Kier alpha value is -2.41. The molecule has 2 aromatic heterocycles. The van der Waals surface area contributed by atoms with E-state index in [-0.39, 0.29) is 35.2 Å². The lowest BCUT2D eigenvalue weighted by Gasteiger charge is -2.27. The molecule has 2 aliphatic rings. The molecular formula is C19H24N4O3. The smallest absolute Gasteiger partial charge is 0.263 e. The van der Waals surface area contributed by atoms with Crippen molar-refractivity contribution in [3.63, 3.8) is 0 Å². The first kappa shape index (κ1) is 17.0. The molecule has 1 fully saturated rings. The first-order valence-electron chi connectivity index (χ1n) is 9.22. The van der Waals surface area contributed by atoms with E-state index in [4.69, 9.17) is 0 Å². The molecule has 2 N–H and O–H groups in total. The molecule has 26 heavy (non-hydrogen) atoms. The Labute approximate surface area is 151 Å². The molecule has 3 heterocycles. The van der Waals surface area contributed by atoms with Gasteiger partial charge in [0, 0.05) is 37.1 Å². The minimum absolute atomic E-state index is 0.0159. The van der Waals surface area contributed by atoms with Gasteiger partial charge in [0.15, 0.2) is 0 Å². The summed E-state index contributed by atoms with van der Waals surface area (Å²) in [5.74, 6) is -0.304. The van der Waals surface area contributed by atoms with E-state index in [1.165, 1.54) is 0 Å². The number of amides is 1. The molecule has 1 atom stereocenters. The number of hydrogen-bond donors (Lipinski definition) is 2. The van der Waals surface area contributed by atoms with Gasteiger partial charge in [0.25, 0.3) is 11.5 Å². The third kappa shape index (κ3) is 3.07. The van der Waals surface area contributed by atoms with E-state index in [9.17, 15) is 14.7 Å². The number of carbonyl (C=O) groups is 1. The third-order valence-electron chi connectivity index (χ3n) is 5.62. The Morgan fingerprint density at radius 1 is 1.31 bits per heavy atom. The van der Waals surface area contributed by atoms with Crippen LogP contribution >= 0.6 is 0 Å². The predicted molar refractivity (Wildman–Crippen MR) is 96.1 cm³/mol. The van der Waals surface area contributed by atoms with Crippen molar-refractivity contribution in [1.29, 1.82) is 0 Å². The maximum absolute atomic E-state index is 13.0. The Morgan fingerprint density at radius 3 is 2.81 bits per heavy atom. The molecule has 0 aromatic carbocycles. The summed E-state index contributed by atoms with van der Waals surface area (Å²) in [7, 11) is 0. The highest BCUT2D eigenvalue weighted by molar-refractivity contribution is 5.95. The van der Waals surface area contributed by atoms with Gasteiger partial charge in [0.05, 0.1) is 18.5 Å². The molecular weight excluding hydrogens is 332 g/mol. The van der Waals surface area contributed by atoms with Crippen LogP contribution in [0.3, 0.4) is 0 Å². The summed E-state index contributed by atoms with van der Waals surface area (Å²) >= 11 is 0. The average Bonchev–Trinajstić information content (AvgIpc) is 3.17. The number of aliphatic hydroxyl groups is 1. The largest absolute Gasteiger partial charge is 0.393 e. The van der Waals surface area contributed by atoms with Crippen LogP contribution in [0.2, 0.25) is 0 Å². The van der Waals surface area contributed by atoms with Gasteiger partial charge in [-0.05, 0) is 44.2 Å². The Balaban J connectivity index is 1.54. The number of aliphatic hydroxyl groups excluding tert-OH is 1. The number of aromatic nitrogens is 3. The number of aryl methyl sites for hydroxylation is 1. The molecule has 138 valence electrons. The molecule has 0 saturated heterocycles. The lowest BCUT2D eigenvalue weighted by molar-refractivity contribution is 0.0930. The second kappa shape index (κ2) is 6.72. The number of carbonyl (C=O) groups excluding carboxylic acids is 1. The minimum Gasteiger partial charge on any atom is -0.393 e. The zero-order chi connectivity index (χ0) is 18.3. The van der Waals surface area contributed by atoms with Crippen molar-refractivity contribution >= 4 is 5.91 Å². The number of fused-ring (bicyclic) bond motifs is 1. The maximum Gasteiger partial charge on any atom is 0.263 e. The van der Waals surface area contributed by atoms with Crippen molar-refractivity contribution < 1.29 is 9.90 Å². The molecule has 1 aliphatic carbocycles. The van der Waals surface area contributed by atoms with E-state index in [0.717, 1.165) is 25.0 Å². The van der Waals surface area contributed by atoms with Gasteiger partial charge < -0.3 is 19.6 Å². The zero-order valence-electron chi connectivity index (χ0n) is 14.9. The first-order chi connectivity index (χ1) is 12.5. The van der Waals surface area contributed by atoms with Crippen LogP contribution in [0.1, 0.15) is 53.3 Å². The molecule has 1 unspecified atom stereocenters. The number of nitrogens with zero attached hydrogens (tertiary/aromatic N) is 3. The van der Waals surface area contributed by atoms with E-state index in [2.05, 4.69) is 10.3 Å². The monoisotopic (exact) mass is 356 g/mol. The van der Waals surface area contributed by atoms with Crippen molar-refractivity contribution in [2.24, 2.45) is 0 Å². The van der Waals surface area contributed by atoms with E-state index < -0.39 is 0 Å². The summed E-state index contributed by atoms with van der Waals surface area (Å²) in [6, 6.07) is 1.87. The predicted octanol–water partition coefficient (Wildman–Crippen LogP) is 1.18. The fraction of sp³-hybridized carbons (Fsp3) is 0.526. The number of hydrogen-bond acceptors (Lipinski definition) is 4. The van der Waals surface area contributed by atoms with E-state index in [1.807, 2.05) is 16.8 Å². The summed E-state index contributed by atoms with van der Waals surface area (Å²) in [5, 5.41) is 12.7. The van der Waals surface area contributed by atoms with Crippen LogP contribution in [0.5, 0.6) is 0 Å². The first-order valence-corrected chi connectivity index (χ1v) is 9.22. The average molecular weight is 356 g/mol. The van der Waals surface area contributed by atoms with Gasteiger partial charge in [0.2, 0.25) is 0 Å². The SMILES string of the molecule is Cc1ccn(C2CCC(O)CC2)c(=O)c1C(=O)NC1Cc2cncn2C1. The lowest BCUT2D eigenvalue weighted by atomic mass is 9.92. The van der Waals surface area contributed by atoms with Crippen LogP contribution in [0.15, 0.2) is 29.6 Å². The van der Waals surface area contributed by atoms with Crippen LogP contribution in [0, 0.1) is 6.92 Å². The van der Waals surface area contributed by atoms with Gasteiger partial charge in [-0.25, -0.2) is 4.98 Å². The summed E-state index contributed by atoms with van der Waals surface area (Å²) < 4.78 is 3.70. The van der Waals surface area contributed by atoms with Crippen molar-refractivity contribution in [2.75, 3.05) is 0 Å². The molecule has 1 amide bonds. The van der Waals surface area contributed by atoms with Gasteiger partial charge in [-0.2, -0.15) is 0 Å². The molecule has 0 bridgehead atoms. The van der Waals surface area contributed by atoms with Crippen LogP contribution in [0.4, 0.5) is 0 Å².